The maximum atomic E-state index is 10.5. The smallest absolute Gasteiger partial charge is 0.410 e. The number of hydrogen-bond donors (Lipinski definition) is 3. The molecular weight excluding hydrogens is 178 g/mol. The molecule has 0 aromatic carbocycles. The van der Waals surface area contributed by atoms with E-state index in [0.29, 0.717) is 0 Å². The largest absolute Gasteiger partial charge is 0.477 e. The molecule has 0 bridgehead atoms. The molecule has 0 saturated heterocycles. The Morgan fingerprint density at radius 3 is 2.54 bits per heavy atom. The highest BCUT2D eigenvalue weighted by molar-refractivity contribution is 5.88. The van der Waals surface area contributed by atoms with E-state index in [9.17, 15) is 9.59 Å². The number of anilines is 1. The lowest BCUT2D eigenvalue weighted by Gasteiger charge is -1.92. The second-order valence-corrected chi connectivity index (χ2v) is 2.27. The molecule has 0 atom stereocenters. The van der Waals surface area contributed by atoms with Gasteiger partial charge in [-0.05, 0) is 0 Å². The zero-order chi connectivity index (χ0) is 10.0. The van der Waals surface area contributed by atoms with E-state index in [-0.39, 0.29) is 11.5 Å². The van der Waals surface area contributed by atoms with Gasteiger partial charge in [-0.2, -0.15) is 5.10 Å². The lowest BCUT2D eigenvalue weighted by molar-refractivity contribution is 0.0685. The van der Waals surface area contributed by atoms with Crippen molar-refractivity contribution in [3.63, 3.8) is 0 Å². The van der Waals surface area contributed by atoms with Crippen LogP contribution >= 0.6 is 0 Å². The molecule has 1 aromatic heterocycles. The Morgan fingerprint density at radius 2 is 2.15 bits per heavy atom. The Balaban J connectivity index is 2.95. The van der Waals surface area contributed by atoms with Gasteiger partial charge in [0, 0.05) is 13.1 Å². The number of hydrogen-bond acceptors (Lipinski definition) is 3. The summed E-state index contributed by atoms with van der Waals surface area (Å²) in [6.45, 7) is 0. The molecule has 1 heterocycles. The Morgan fingerprint density at radius 1 is 1.54 bits per heavy atom. The highest BCUT2D eigenvalue weighted by Gasteiger charge is 2.12. The van der Waals surface area contributed by atoms with Crippen molar-refractivity contribution >= 4 is 17.9 Å². The van der Waals surface area contributed by atoms with Crippen LogP contribution in [0.5, 0.6) is 0 Å². The van der Waals surface area contributed by atoms with Gasteiger partial charge in [0.05, 0.1) is 0 Å². The van der Waals surface area contributed by atoms with E-state index >= 15 is 0 Å². The summed E-state index contributed by atoms with van der Waals surface area (Å²) in [5, 5.41) is 22.4. The maximum absolute atomic E-state index is 10.5. The minimum atomic E-state index is -1.28. The number of aryl methyl sites for hydroxylation is 1. The molecule has 7 heteroatoms. The summed E-state index contributed by atoms with van der Waals surface area (Å²) in [6, 6.07) is 1.14. The van der Waals surface area contributed by atoms with Crippen molar-refractivity contribution in [1.82, 2.24) is 9.78 Å². The number of amides is 1. The molecule has 70 valence electrons. The molecule has 1 aromatic rings. The van der Waals surface area contributed by atoms with Crippen LogP contribution in [0.3, 0.4) is 0 Å². The van der Waals surface area contributed by atoms with Gasteiger partial charge in [-0.15, -0.1) is 0 Å². The van der Waals surface area contributed by atoms with E-state index in [4.69, 9.17) is 10.2 Å². The van der Waals surface area contributed by atoms with Crippen molar-refractivity contribution in [2.45, 2.75) is 0 Å². The first-order valence-corrected chi connectivity index (χ1v) is 3.28. The summed E-state index contributed by atoms with van der Waals surface area (Å²) in [6.07, 6.45) is -1.28. The number of aromatic carboxylic acids is 1. The van der Waals surface area contributed by atoms with Crippen molar-refractivity contribution in [3.8, 4) is 0 Å². The zero-order valence-electron chi connectivity index (χ0n) is 6.68. The van der Waals surface area contributed by atoms with Gasteiger partial charge in [-0.25, -0.2) is 9.59 Å². The summed E-state index contributed by atoms with van der Waals surface area (Å²) in [7, 11) is 1.41. The standard InChI is InChI=1S/C6H7N3O4/c1-9-3(5(10)11)2-4(8-9)7-6(12)13/h2H,1H3,(H,7,8)(H,10,11)(H,12,13). The molecule has 0 aliphatic heterocycles. The predicted molar refractivity (Wildman–Crippen MR) is 41.8 cm³/mol. The fraction of sp³-hybridized carbons (Fsp3) is 0.167. The van der Waals surface area contributed by atoms with Crippen molar-refractivity contribution in [2.24, 2.45) is 7.05 Å². The van der Waals surface area contributed by atoms with Crippen LogP contribution in [0.2, 0.25) is 0 Å². The van der Waals surface area contributed by atoms with Gasteiger partial charge in [0.2, 0.25) is 0 Å². The molecule has 0 aliphatic rings. The van der Waals surface area contributed by atoms with Gasteiger partial charge in [-0.3, -0.25) is 10.00 Å². The third-order valence-electron chi connectivity index (χ3n) is 1.33. The van der Waals surface area contributed by atoms with Crippen LogP contribution in [0.4, 0.5) is 10.6 Å². The van der Waals surface area contributed by atoms with E-state index in [1.807, 2.05) is 5.32 Å². The fourth-order valence-electron chi connectivity index (χ4n) is 0.838. The second kappa shape index (κ2) is 3.13. The first kappa shape index (κ1) is 9.04. The van der Waals surface area contributed by atoms with Crippen LogP contribution < -0.4 is 5.32 Å². The maximum Gasteiger partial charge on any atom is 0.410 e. The number of rotatable bonds is 2. The predicted octanol–water partition coefficient (Wildman–Crippen LogP) is 0.208. The summed E-state index contributed by atoms with van der Waals surface area (Å²) >= 11 is 0. The Labute approximate surface area is 72.6 Å². The van der Waals surface area contributed by atoms with Crippen molar-refractivity contribution in [3.05, 3.63) is 11.8 Å². The van der Waals surface area contributed by atoms with E-state index < -0.39 is 12.1 Å². The summed E-state index contributed by atoms with van der Waals surface area (Å²) in [5.74, 6) is -1.17. The van der Waals surface area contributed by atoms with Gasteiger partial charge in [-0.1, -0.05) is 0 Å². The summed E-state index contributed by atoms with van der Waals surface area (Å²) < 4.78 is 1.08. The lowest BCUT2D eigenvalue weighted by Crippen LogP contribution is -2.08. The quantitative estimate of drug-likeness (QED) is 0.610. The second-order valence-electron chi connectivity index (χ2n) is 2.27. The third-order valence-corrected chi connectivity index (χ3v) is 1.33. The van der Waals surface area contributed by atoms with Gasteiger partial charge < -0.3 is 10.2 Å². The molecule has 0 aliphatic carbocycles. The molecule has 0 spiro atoms. The van der Waals surface area contributed by atoms with Crippen LogP contribution in [-0.2, 0) is 7.05 Å². The molecule has 0 unspecified atom stereocenters. The average Bonchev–Trinajstić information content (AvgIpc) is 2.29. The normalized spacial score (nSPS) is 9.62. The van der Waals surface area contributed by atoms with E-state index in [1.165, 1.54) is 7.05 Å². The number of nitrogens with zero attached hydrogens (tertiary/aromatic N) is 2. The first-order valence-electron chi connectivity index (χ1n) is 3.28. The lowest BCUT2D eigenvalue weighted by atomic mass is 10.4. The monoisotopic (exact) mass is 185 g/mol. The average molecular weight is 185 g/mol. The van der Waals surface area contributed by atoms with Crippen LogP contribution in [0, 0.1) is 0 Å². The number of carbonyl (C=O) groups is 2. The van der Waals surface area contributed by atoms with Gasteiger partial charge in [0.1, 0.15) is 5.69 Å². The van der Waals surface area contributed by atoms with E-state index in [2.05, 4.69) is 5.10 Å². The van der Waals surface area contributed by atoms with Crippen LogP contribution in [0.1, 0.15) is 10.5 Å². The van der Waals surface area contributed by atoms with Gasteiger partial charge >= 0.3 is 12.1 Å². The molecular formula is C6H7N3O4. The highest BCUT2D eigenvalue weighted by Crippen LogP contribution is 2.07. The van der Waals surface area contributed by atoms with Crippen molar-refractivity contribution in [1.29, 1.82) is 0 Å². The van der Waals surface area contributed by atoms with Crippen LogP contribution in [0.15, 0.2) is 6.07 Å². The number of nitrogens with one attached hydrogen (secondary N) is 1. The molecule has 7 nitrogen and oxygen atoms in total. The molecule has 0 saturated carbocycles. The Bertz CT molecular complexity index is 357. The number of aromatic nitrogens is 2. The first-order chi connectivity index (χ1) is 6.00. The topological polar surface area (TPSA) is 104 Å². The molecule has 1 rings (SSSR count). The minimum absolute atomic E-state index is 0.00704. The summed E-state index contributed by atoms with van der Waals surface area (Å²) in [5.41, 5.74) is -0.0799. The highest BCUT2D eigenvalue weighted by atomic mass is 16.4. The van der Waals surface area contributed by atoms with Crippen molar-refractivity contribution < 1.29 is 19.8 Å². The zero-order valence-corrected chi connectivity index (χ0v) is 6.68. The van der Waals surface area contributed by atoms with Gasteiger partial charge in [0.25, 0.3) is 0 Å². The summed E-state index contributed by atoms with van der Waals surface area (Å²) in [4.78, 5) is 20.6. The van der Waals surface area contributed by atoms with E-state index in [1.54, 1.807) is 0 Å². The SMILES string of the molecule is Cn1nc(NC(=O)O)cc1C(=O)O. The number of carboxylic acids is 1. The molecule has 1 amide bonds. The Kier molecular flexibility index (Phi) is 2.18. The fourth-order valence-corrected chi connectivity index (χ4v) is 0.838. The van der Waals surface area contributed by atoms with Gasteiger partial charge in [0.15, 0.2) is 5.82 Å². The number of carboxylic acid groups (broad SMARTS) is 2. The van der Waals surface area contributed by atoms with E-state index in [0.717, 1.165) is 10.7 Å². The third kappa shape index (κ3) is 1.95. The van der Waals surface area contributed by atoms with Crippen LogP contribution in [-0.4, -0.2) is 32.1 Å². The Hall–Kier alpha value is -2.05. The molecule has 13 heavy (non-hydrogen) atoms. The molecule has 0 radical (unpaired) electrons. The molecule has 3 N–H and O–H groups in total. The molecule has 0 fully saturated rings. The van der Waals surface area contributed by atoms with Crippen LogP contribution in [0.25, 0.3) is 0 Å². The van der Waals surface area contributed by atoms with Crippen molar-refractivity contribution in [2.75, 3.05) is 5.32 Å². The minimum Gasteiger partial charge on any atom is -0.477 e.